The lowest BCUT2D eigenvalue weighted by atomic mass is 9.95. The van der Waals surface area contributed by atoms with Gasteiger partial charge in [0.15, 0.2) is 0 Å². The van der Waals surface area contributed by atoms with Gasteiger partial charge in [-0.05, 0) is 31.0 Å². The van der Waals surface area contributed by atoms with Crippen molar-refractivity contribution in [1.29, 1.82) is 0 Å². The summed E-state index contributed by atoms with van der Waals surface area (Å²) in [5.41, 5.74) is 1.88. The van der Waals surface area contributed by atoms with Crippen LogP contribution in [0.3, 0.4) is 0 Å². The van der Waals surface area contributed by atoms with Gasteiger partial charge in [0.1, 0.15) is 6.04 Å². The number of carboxylic acid groups (broad SMARTS) is 1. The highest BCUT2D eigenvalue weighted by molar-refractivity contribution is 7.89. The Hall–Kier alpha value is -2.22. The second-order valence-electron chi connectivity index (χ2n) is 6.48. The van der Waals surface area contributed by atoms with Crippen molar-refractivity contribution < 1.29 is 23.1 Å². The second-order valence-corrected chi connectivity index (χ2v) is 8.19. The molecule has 0 aliphatic carbocycles. The Balaban J connectivity index is 1.76. The van der Waals surface area contributed by atoms with Crippen LogP contribution in [0.5, 0.6) is 0 Å². The van der Waals surface area contributed by atoms with E-state index in [4.69, 9.17) is 4.74 Å². The fourth-order valence-corrected chi connectivity index (χ4v) is 4.34. The topological polar surface area (TPSA) is 92.7 Å². The molecule has 0 aromatic heterocycles. The molecular formula is C19H21NO5S. The summed E-state index contributed by atoms with van der Waals surface area (Å²) in [4.78, 5) is 11.8. The highest BCUT2D eigenvalue weighted by Gasteiger charge is 2.38. The van der Waals surface area contributed by atoms with Crippen molar-refractivity contribution in [3.05, 3.63) is 65.7 Å². The molecule has 6 nitrogen and oxygen atoms in total. The van der Waals surface area contributed by atoms with Crippen LogP contribution in [-0.4, -0.2) is 32.1 Å². The molecule has 1 saturated heterocycles. The van der Waals surface area contributed by atoms with Gasteiger partial charge in [-0.25, -0.2) is 8.42 Å². The molecule has 3 rings (SSSR count). The Labute approximate surface area is 152 Å². The number of hydrogen-bond acceptors (Lipinski definition) is 4. The third-order valence-corrected chi connectivity index (χ3v) is 6.01. The van der Waals surface area contributed by atoms with Crippen LogP contribution in [0.15, 0.2) is 59.5 Å². The second kappa shape index (κ2) is 7.57. The molecule has 1 aliphatic heterocycles. The van der Waals surface area contributed by atoms with E-state index in [1.54, 1.807) is 12.1 Å². The number of sulfonamides is 1. The van der Waals surface area contributed by atoms with E-state index in [0.717, 1.165) is 11.1 Å². The van der Waals surface area contributed by atoms with Crippen LogP contribution in [-0.2, 0) is 19.6 Å². The summed E-state index contributed by atoms with van der Waals surface area (Å²) in [6, 6.07) is 14.5. The number of ether oxygens (including phenoxy) is 1. The van der Waals surface area contributed by atoms with Crippen LogP contribution in [0.1, 0.15) is 23.7 Å². The summed E-state index contributed by atoms with van der Waals surface area (Å²) in [6.07, 6.45) is 0.212. The molecule has 2 aromatic rings. The molecule has 2 N–H and O–H groups in total. The lowest BCUT2D eigenvalue weighted by molar-refractivity contribution is -0.140. The summed E-state index contributed by atoms with van der Waals surface area (Å²) in [5.74, 6) is -1.65. The van der Waals surface area contributed by atoms with Gasteiger partial charge in [0.05, 0.1) is 17.6 Å². The minimum atomic E-state index is -3.93. The quantitative estimate of drug-likeness (QED) is 0.809. The molecule has 1 aliphatic rings. The molecule has 26 heavy (non-hydrogen) atoms. The number of nitrogens with one attached hydrogen (secondary N) is 1. The standard InChI is InChI=1S/C19H21NO5S/c1-13-7-9-16(10-8-13)26(23,24)20-18(19(21)22)15-11-17(25-12-15)14-5-3-2-4-6-14/h2-10,15,17-18,20H,11-12H2,1H3,(H,21,22)/t15-,17+,18+/m0/s1. The van der Waals surface area contributed by atoms with Gasteiger partial charge in [0.25, 0.3) is 0 Å². The number of carbonyl (C=O) groups is 1. The summed E-state index contributed by atoms with van der Waals surface area (Å²) >= 11 is 0. The molecule has 0 amide bonds. The van der Waals surface area contributed by atoms with Crippen LogP contribution in [0, 0.1) is 12.8 Å². The van der Waals surface area contributed by atoms with Gasteiger partial charge in [-0.3, -0.25) is 4.79 Å². The number of benzene rings is 2. The van der Waals surface area contributed by atoms with Gasteiger partial charge in [-0.15, -0.1) is 0 Å². The van der Waals surface area contributed by atoms with E-state index in [1.165, 1.54) is 12.1 Å². The summed E-state index contributed by atoms with van der Waals surface area (Å²) in [5, 5.41) is 9.56. The minimum Gasteiger partial charge on any atom is -0.480 e. The highest BCUT2D eigenvalue weighted by Crippen LogP contribution is 2.34. The van der Waals surface area contributed by atoms with Gasteiger partial charge in [0.2, 0.25) is 10.0 Å². The Kier molecular flexibility index (Phi) is 5.41. The van der Waals surface area contributed by atoms with Crippen molar-refractivity contribution in [2.75, 3.05) is 6.61 Å². The number of rotatable bonds is 6. The largest absolute Gasteiger partial charge is 0.480 e. The van der Waals surface area contributed by atoms with E-state index >= 15 is 0 Å². The molecule has 0 saturated carbocycles. The van der Waals surface area contributed by atoms with Crippen LogP contribution in [0.4, 0.5) is 0 Å². The number of carboxylic acids is 1. The van der Waals surface area contributed by atoms with E-state index in [-0.39, 0.29) is 17.6 Å². The normalized spacial score (nSPS) is 21.4. The third-order valence-electron chi connectivity index (χ3n) is 4.55. The van der Waals surface area contributed by atoms with E-state index in [9.17, 15) is 18.3 Å². The van der Waals surface area contributed by atoms with Crippen LogP contribution in [0.25, 0.3) is 0 Å². The Bertz CT molecular complexity index is 865. The Morgan fingerprint density at radius 2 is 1.81 bits per heavy atom. The molecular weight excluding hydrogens is 354 g/mol. The molecule has 0 bridgehead atoms. The summed E-state index contributed by atoms with van der Waals surface area (Å²) in [7, 11) is -3.93. The lowest BCUT2D eigenvalue weighted by Gasteiger charge is -2.20. The summed E-state index contributed by atoms with van der Waals surface area (Å²) in [6.45, 7) is 2.04. The first-order valence-electron chi connectivity index (χ1n) is 8.35. The van der Waals surface area contributed by atoms with Crippen LogP contribution >= 0.6 is 0 Å². The molecule has 3 atom stereocenters. The van der Waals surface area contributed by atoms with Crippen molar-refractivity contribution in [3.8, 4) is 0 Å². The summed E-state index contributed by atoms with van der Waals surface area (Å²) < 4.78 is 33.2. The third kappa shape index (κ3) is 4.12. The average Bonchev–Trinajstić information content (AvgIpc) is 3.10. The van der Waals surface area contributed by atoms with Crippen LogP contribution in [0.2, 0.25) is 0 Å². The van der Waals surface area contributed by atoms with Gasteiger partial charge in [-0.2, -0.15) is 4.72 Å². The fraction of sp³-hybridized carbons (Fsp3) is 0.316. The van der Waals surface area contributed by atoms with E-state index in [2.05, 4.69) is 4.72 Å². The van der Waals surface area contributed by atoms with Crippen LogP contribution < -0.4 is 4.72 Å². The molecule has 0 spiro atoms. The van der Waals surface area contributed by atoms with Crippen molar-refractivity contribution in [2.45, 2.75) is 30.4 Å². The number of hydrogen-bond donors (Lipinski definition) is 2. The molecule has 138 valence electrons. The van der Waals surface area contributed by atoms with E-state index < -0.39 is 28.0 Å². The Morgan fingerprint density at radius 3 is 2.42 bits per heavy atom. The predicted octanol–water partition coefficient (Wildman–Crippen LogP) is 2.50. The average molecular weight is 375 g/mol. The maximum absolute atomic E-state index is 12.6. The number of aliphatic carboxylic acids is 1. The van der Waals surface area contributed by atoms with Crippen molar-refractivity contribution in [3.63, 3.8) is 0 Å². The first kappa shape index (κ1) is 18.6. The smallest absolute Gasteiger partial charge is 0.322 e. The van der Waals surface area contributed by atoms with Gasteiger partial charge in [-0.1, -0.05) is 48.0 Å². The van der Waals surface area contributed by atoms with Crippen molar-refractivity contribution >= 4 is 16.0 Å². The first-order valence-corrected chi connectivity index (χ1v) is 9.83. The monoisotopic (exact) mass is 375 g/mol. The van der Waals surface area contributed by atoms with E-state index in [1.807, 2.05) is 37.3 Å². The maximum Gasteiger partial charge on any atom is 0.322 e. The van der Waals surface area contributed by atoms with Crippen molar-refractivity contribution in [1.82, 2.24) is 4.72 Å². The Morgan fingerprint density at radius 1 is 1.15 bits per heavy atom. The SMILES string of the molecule is Cc1ccc(S(=O)(=O)N[C@@H](C(=O)O)[C@@H]2CO[C@@H](c3ccccc3)C2)cc1. The van der Waals surface area contributed by atoms with E-state index in [0.29, 0.717) is 6.42 Å². The molecule has 0 unspecified atom stereocenters. The number of aryl methyl sites for hydroxylation is 1. The highest BCUT2D eigenvalue weighted by atomic mass is 32.2. The maximum atomic E-state index is 12.6. The molecule has 7 heteroatoms. The zero-order valence-corrected chi connectivity index (χ0v) is 15.1. The molecule has 1 heterocycles. The molecule has 1 fully saturated rings. The first-order chi connectivity index (χ1) is 12.4. The van der Waals surface area contributed by atoms with Crippen molar-refractivity contribution in [2.24, 2.45) is 5.92 Å². The zero-order valence-electron chi connectivity index (χ0n) is 14.3. The van der Waals surface area contributed by atoms with Gasteiger partial charge < -0.3 is 9.84 Å². The predicted molar refractivity (Wildman–Crippen MR) is 96.2 cm³/mol. The minimum absolute atomic E-state index is 0.0490. The lowest BCUT2D eigenvalue weighted by Crippen LogP contribution is -2.46. The molecule has 2 aromatic carbocycles. The zero-order chi connectivity index (χ0) is 18.7. The fourth-order valence-electron chi connectivity index (χ4n) is 3.08. The van der Waals surface area contributed by atoms with Gasteiger partial charge in [0, 0.05) is 5.92 Å². The molecule has 0 radical (unpaired) electrons. The van der Waals surface area contributed by atoms with Gasteiger partial charge >= 0.3 is 5.97 Å².